The van der Waals surface area contributed by atoms with Crippen molar-refractivity contribution in [2.45, 2.75) is 6.42 Å². The topological polar surface area (TPSA) is 76.2 Å². The molecule has 0 aliphatic carbocycles. The van der Waals surface area contributed by atoms with Crippen molar-refractivity contribution in [2.24, 2.45) is 0 Å². The van der Waals surface area contributed by atoms with Gasteiger partial charge in [0, 0.05) is 5.56 Å². The lowest BCUT2D eigenvalue weighted by Crippen LogP contribution is -1.99. The third-order valence-electron chi connectivity index (χ3n) is 1.87. The first kappa shape index (κ1) is 10.3. The van der Waals surface area contributed by atoms with E-state index in [4.69, 9.17) is 9.63 Å². The normalized spacial score (nSPS) is 10.3. The van der Waals surface area contributed by atoms with E-state index in [1.165, 1.54) is 24.3 Å². The minimum absolute atomic E-state index is 0.0202. The smallest absolute Gasteiger partial charge is 0.312 e. The van der Waals surface area contributed by atoms with Crippen LogP contribution >= 0.6 is 0 Å². The maximum Gasteiger partial charge on any atom is 0.312 e. The van der Waals surface area contributed by atoms with E-state index in [9.17, 15) is 9.18 Å². The van der Waals surface area contributed by atoms with E-state index in [1.54, 1.807) is 0 Å². The highest BCUT2D eigenvalue weighted by Crippen LogP contribution is 2.16. The summed E-state index contributed by atoms with van der Waals surface area (Å²) in [7, 11) is 0. The van der Waals surface area contributed by atoms with Crippen LogP contribution in [0.4, 0.5) is 4.39 Å². The summed E-state index contributed by atoms with van der Waals surface area (Å²) in [6, 6.07) is 5.51. The molecule has 1 heterocycles. The molecule has 0 spiro atoms. The molecule has 82 valence electrons. The number of carboxylic acid groups (broad SMARTS) is 1. The van der Waals surface area contributed by atoms with Crippen LogP contribution in [0.5, 0.6) is 0 Å². The zero-order chi connectivity index (χ0) is 11.5. The first-order valence-corrected chi connectivity index (χ1v) is 4.45. The Bertz CT molecular complexity index is 507. The van der Waals surface area contributed by atoms with E-state index >= 15 is 0 Å². The van der Waals surface area contributed by atoms with Crippen LogP contribution < -0.4 is 0 Å². The largest absolute Gasteiger partial charge is 0.481 e. The summed E-state index contributed by atoms with van der Waals surface area (Å²) in [5, 5.41) is 12.1. The molecule has 0 radical (unpaired) electrons. The van der Waals surface area contributed by atoms with Gasteiger partial charge in [0.1, 0.15) is 12.2 Å². The van der Waals surface area contributed by atoms with Gasteiger partial charge in [-0.2, -0.15) is 4.98 Å². The van der Waals surface area contributed by atoms with Crippen molar-refractivity contribution in [3.8, 4) is 11.4 Å². The maximum atomic E-state index is 12.6. The third kappa shape index (κ3) is 2.22. The number of halogens is 1. The van der Waals surface area contributed by atoms with Crippen LogP contribution in [0, 0.1) is 5.82 Å². The number of hydrogen-bond donors (Lipinski definition) is 1. The summed E-state index contributed by atoms with van der Waals surface area (Å²) < 4.78 is 17.4. The van der Waals surface area contributed by atoms with Gasteiger partial charge in [0.15, 0.2) is 0 Å². The number of benzene rings is 1. The molecule has 0 bridgehead atoms. The Balaban J connectivity index is 2.24. The van der Waals surface area contributed by atoms with Gasteiger partial charge in [-0.1, -0.05) is 5.16 Å². The minimum atomic E-state index is -1.05. The van der Waals surface area contributed by atoms with Crippen molar-refractivity contribution in [1.29, 1.82) is 0 Å². The number of hydrogen-bond acceptors (Lipinski definition) is 4. The Labute approximate surface area is 89.5 Å². The van der Waals surface area contributed by atoms with Gasteiger partial charge in [0.2, 0.25) is 11.7 Å². The predicted octanol–water partition coefficient (Wildman–Crippen LogP) is 1.50. The van der Waals surface area contributed by atoms with Gasteiger partial charge in [-0.3, -0.25) is 4.79 Å². The van der Waals surface area contributed by atoms with E-state index in [2.05, 4.69) is 10.1 Å². The molecule has 0 saturated heterocycles. The highest BCUT2D eigenvalue weighted by Gasteiger charge is 2.11. The Kier molecular flexibility index (Phi) is 2.63. The van der Waals surface area contributed by atoms with Gasteiger partial charge in [0.05, 0.1) is 0 Å². The average molecular weight is 222 g/mol. The Morgan fingerprint density at radius 2 is 2.06 bits per heavy atom. The molecular weight excluding hydrogens is 215 g/mol. The van der Waals surface area contributed by atoms with Crippen molar-refractivity contribution in [3.63, 3.8) is 0 Å². The van der Waals surface area contributed by atoms with E-state index in [0.29, 0.717) is 5.56 Å². The van der Waals surface area contributed by atoms with Gasteiger partial charge >= 0.3 is 5.97 Å². The molecule has 1 aromatic heterocycles. The van der Waals surface area contributed by atoms with Crippen LogP contribution in [0.15, 0.2) is 28.8 Å². The van der Waals surface area contributed by atoms with E-state index in [1.807, 2.05) is 0 Å². The van der Waals surface area contributed by atoms with Gasteiger partial charge in [-0.05, 0) is 24.3 Å². The Morgan fingerprint density at radius 1 is 1.38 bits per heavy atom. The second kappa shape index (κ2) is 4.09. The van der Waals surface area contributed by atoms with Gasteiger partial charge in [-0.25, -0.2) is 4.39 Å². The zero-order valence-corrected chi connectivity index (χ0v) is 8.05. The molecule has 0 fully saturated rings. The van der Waals surface area contributed by atoms with E-state index in [0.717, 1.165) is 0 Å². The van der Waals surface area contributed by atoms with Crippen molar-refractivity contribution in [2.75, 3.05) is 0 Å². The van der Waals surface area contributed by atoms with Crippen LogP contribution in [0.1, 0.15) is 5.89 Å². The quantitative estimate of drug-likeness (QED) is 0.851. The van der Waals surface area contributed by atoms with Crippen molar-refractivity contribution >= 4 is 5.97 Å². The second-order valence-corrected chi connectivity index (χ2v) is 3.09. The summed E-state index contributed by atoms with van der Waals surface area (Å²) >= 11 is 0. The molecule has 5 nitrogen and oxygen atoms in total. The number of carbonyl (C=O) groups is 1. The fourth-order valence-electron chi connectivity index (χ4n) is 1.17. The Morgan fingerprint density at radius 3 is 2.69 bits per heavy atom. The zero-order valence-electron chi connectivity index (χ0n) is 8.05. The summed E-state index contributed by atoms with van der Waals surface area (Å²) in [5.41, 5.74) is 0.571. The molecule has 0 unspecified atom stereocenters. The lowest BCUT2D eigenvalue weighted by atomic mass is 10.2. The van der Waals surface area contributed by atoms with Crippen molar-refractivity contribution in [3.05, 3.63) is 36.0 Å². The number of nitrogens with zero attached hydrogens (tertiary/aromatic N) is 2. The lowest BCUT2D eigenvalue weighted by molar-refractivity contribution is -0.136. The molecule has 0 saturated carbocycles. The monoisotopic (exact) mass is 222 g/mol. The standard InChI is InChI=1S/C10H7FN2O3/c11-7-3-1-6(2-4-7)10-12-8(16-13-10)5-9(14)15/h1-4H,5H2,(H,14,15). The minimum Gasteiger partial charge on any atom is -0.481 e. The van der Waals surface area contributed by atoms with E-state index < -0.39 is 5.97 Å². The molecule has 2 aromatic rings. The van der Waals surface area contributed by atoms with Gasteiger partial charge in [-0.15, -0.1) is 0 Å². The highest BCUT2D eigenvalue weighted by atomic mass is 19.1. The molecular formula is C10H7FN2O3. The van der Waals surface area contributed by atoms with Crippen LogP contribution in [0.25, 0.3) is 11.4 Å². The van der Waals surface area contributed by atoms with Crippen LogP contribution in [-0.2, 0) is 11.2 Å². The summed E-state index contributed by atoms with van der Waals surface area (Å²) in [6.45, 7) is 0. The van der Waals surface area contributed by atoms with Crippen LogP contribution in [-0.4, -0.2) is 21.2 Å². The molecule has 0 atom stereocenters. The Hall–Kier alpha value is -2.24. The van der Waals surface area contributed by atoms with E-state index in [-0.39, 0.29) is 24.0 Å². The van der Waals surface area contributed by atoms with Crippen LogP contribution in [0.3, 0.4) is 0 Å². The molecule has 1 N–H and O–H groups in total. The SMILES string of the molecule is O=C(O)Cc1nc(-c2ccc(F)cc2)no1. The molecule has 1 aromatic carbocycles. The number of rotatable bonds is 3. The molecule has 2 rings (SSSR count). The number of aliphatic carboxylic acids is 1. The fraction of sp³-hybridized carbons (Fsp3) is 0.100. The van der Waals surface area contributed by atoms with Crippen LogP contribution in [0.2, 0.25) is 0 Å². The number of carboxylic acids is 1. The molecule has 0 aliphatic rings. The van der Waals surface area contributed by atoms with Gasteiger partial charge in [0.25, 0.3) is 0 Å². The third-order valence-corrected chi connectivity index (χ3v) is 1.87. The lowest BCUT2D eigenvalue weighted by Gasteiger charge is -1.92. The fourth-order valence-corrected chi connectivity index (χ4v) is 1.17. The summed E-state index contributed by atoms with van der Waals surface area (Å²) in [5.74, 6) is -1.14. The summed E-state index contributed by atoms with van der Waals surface area (Å²) in [4.78, 5) is 14.3. The second-order valence-electron chi connectivity index (χ2n) is 3.09. The summed E-state index contributed by atoms with van der Waals surface area (Å²) in [6.07, 6.45) is -0.325. The molecule has 0 amide bonds. The van der Waals surface area contributed by atoms with Crippen molar-refractivity contribution < 1.29 is 18.8 Å². The predicted molar refractivity (Wildman–Crippen MR) is 51.0 cm³/mol. The molecule has 6 heteroatoms. The molecule has 16 heavy (non-hydrogen) atoms. The first-order chi connectivity index (χ1) is 7.65. The maximum absolute atomic E-state index is 12.6. The number of aromatic nitrogens is 2. The first-order valence-electron chi connectivity index (χ1n) is 4.45. The van der Waals surface area contributed by atoms with Crippen molar-refractivity contribution in [1.82, 2.24) is 10.1 Å². The van der Waals surface area contributed by atoms with Gasteiger partial charge < -0.3 is 9.63 Å². The highest BCUT2D eigenvalue weighted by molar-refractivity contribution is 5.69. The average Bonchev–Trinajstić information content (AvgIpc) is 2.66. The molecule has 0 aliphatic heterocycles.